The van der Waals surface area contributed by atoms with Crippen molar-refractivity contribution in [3.05, 3.63) is 78.2 Å². The van der Waals surface area contributed by atoms with Gasteiger partial charge in [-0.1, -0.05) is 6.58 Å². The molecule has 55 heavy (non-hydrogen) atoms. The first-order chi connectivity index (χ1) is 25.6. The molecule has 0 fully saturated rings. The number of amides is 3. The van der Waals surface area contributed by atoms with Crippen molar-refractivity contribution in [3.63, 3.8) is 0 Å². The Morgan fingerprint density at radius 2 is 1.42 bits per heavy atom. The number of allylic oxidation sites excluding steroid dienone is 1. The number of unbranched alkanes of at least 4 members (excludes halogenated alkanes) is 2. The molecule has 2 rings (SSSR count). The minimum Gasteiger partial charge on any atom is -0.494 e. The molecule has 3 amide bonds. The van der Waals surface area contributed by atoms with Crippen LogP contribution in [0.5, 0.6) is 5.88 Å². The first-order valence-electron chi connectivity index (χ1n) is 17.1. The highest BCUT2D eigenvalue weighted by atomic mass is 19.4. The Balaban J connectivity index is 1.91. The van der Waals surface area contributed by atoms with Crippen LogP contribution in [0.2, 0.25) is 0 Å². The van der Waals surface area contributed by atoms with Gasteiger partial charge in [0.15, 0.2) is 0 Å². The Labute approximate surface area is 317 Å². The van der Waals surface area contributed by atoms with Crippen molar-refractivity contribution in [2.75, 3.05) is 13.2 Å². The number of aryl methyl sites for hydroxylation is 2. The van der Waals surface area contributed by atoms with Crippen LogP contribution in [0.1, 0.15) is 72.8 Å². The maximum Gasteiger partial charge on any atom is 0.473 e. The molecule has 0 aromatic carbocycles. The first kappa shape index (κ1) is 45.3. The normalized spacial score (nSPS) is 13.5. The minimum atomic E-state index is -5.14. The van der Waals surface area contributed by atoms with Crippen LogP contribution in [0, 0.1) is 0 Å². The summed E-state index contributed by atoms with van der Waals surface area (Å²) in [6, 6.07) is 3.13. The number of nitrogens with zero attached hydrogens (tertiary/aromatic N) is 6. The molecule has 2 heterocycles. The van der Waals surface area contributed by atoms with E-state index in [1.165, 1.54) is 27.5 Å². The molecule has 0 radical (unpaired) electrons. The monoisotopic (exact) mass is 777 g/mol. The molecule has 2 aromatic rings. The molecular formula is C36H50F3N9O7. The fraction of sp³-hybridized carbons (Fsp3) is 0.472. The van der Waals surface area contributed by atoms with E-state index in [1.807, 2.05) is 0 Å². The van der Waals surface area contributed by atoms with Gasteiger partial charge >= 0.3 is 24.3 Å². The highest BCUT2D eigenvalue weighted by molar-refractivity contribution is 6.04. The second-order valence-electron chi connectivity index (χ2n) is 13.8. The lowest BCUT2D eigenvalue weighted by Gasteiger charge is -2.17. The largest absolute Gasteiger partial charge is 0.494 e. The summed E-state index contributed by atoms with van der Waals surface area (Å²) in [6.07, 6.45) is 3.67. The van der Waals surface area contributed by atoms with Gasteiger partial charge in [-0.3, -0.25) is 4.79 Å². The Hall–Kier alpha value is -5.88. The summed E-state index contributed by atoms with van der Waals surface area (Å²) in [6.45, 7) is 14.9. The molecule has 0 saturated heterocycles. The van der Waals surface area contributed by atoms with Crippen LogP contribution in [0.4, 0.5) is 22.8 Å². The van der Waals surface area contributed by atoms with Gasteiger partial charge in [-0.05, 0) is 85.4 Å². The predicted molar refractivity (Wildman–Crippen MR) is 199 cm³/mol. The summed E-state index contributed by atoms with van der Waals surface area (Å²) in [5.41, 5.74) is 16.3. The lowest BCUT2D eigenvalue weighted by molar-refractivity contribution is -0.169. The zero-order valence-corrected chi connectivity index (χ0v) is 31.9. The van der Waals surface area contributed by atoms with Crippen LogP contribution < -0.4 is 27.6 Å². The van der Waals surface area contributed by atoms with Crippen LogP contribution >= 0.6 is 0 Å². The van der Waals surface area contributed by atoms with E-state index < -0.39 is 35.5 Å². The van der Waals surface area contributed by atoms with Gasteiger partial charge in [0.1, 0.15) is 28.6 Å². The maximum absolute atomic E-state index is 13.1. The number of imidazole rings is 1. The zero-order chi connectivity index (χ0) is 41.4. The molecule has 302 valence electrons. The summed E-state index contributed by atoms with van der Waals surface area (Å²) >= 11 is 0. The van der Waals surface area contributed by atoms with E-state index in [4.69, 9.17) is 36.1 Å². The second kappa shape index (κ2) is 20.5. The molecule has 0 spiro atoms. The van der Waals surface area contributed by atoms with Crippen LogP contribution in [0.25, 0.3) is 0 Å². The molecule has 16 nitrogen and oxygen atoms in total. The van der Waals surface area contributed by atoms with E-state index in [0.717, 1.165) is 6.20 Å². The molecule has 6 N–H and O–H groups in total. The Morgan fingerprint density at radius 3 is 1.93 bits per heavy atom. The lowest BCUT2D eigenvalue weighted by atomic mass is 10.2. The van der Waals surface area contributed by atoms with E-state index >= 15 is 0 Å². The number of rotatable bonds is 16. The summed E-state index contributed by atoms with van der Waals surface area (Å²) in [5.74, 6) is -1.92. The van der Waals surface area contributed by atoms with Gasteiger partial charge in [0.2, 0.25) is 11.5 Å². The zero-order valence-electron chi connectivity index (χ0n) is 31.9. The number of pyridine rings is 1. The fourth-order valence-electron chi connectivity index (χ4n) is 4.21. The van der Waals surface area contributed by atoms with Crippen LogP contribution in [0.3, 0.4) is 0 Å². The quantitative estimate of drug-likeness (QED) is 0.0662. The number of ether oxygens (including phenoxy) is 4. The molecule has 0 aliphatic carbocycles. The standard InChI is InChI=1S/C36H50F3N9O7/c1-24(12-13-25(22-40)28(41)44-32(50)54-34(2,3)4)52-20-10-8-16-47-18-19-48(31(47)46-30(49)36(37,38)39)17-9-11-21-53-27-15-14-26(23-43-27)29(42)45-33(51)55-35(5,6)7/h12-15,18-19,22-23H,1,8-11,16-17,20-21,40H2,2-7H3,(H2,41,44,50)(H2,42,45,51)/b13-12-,25-22?,46-31?. The SMILES string of the molecule is C=C(/C=C\C(=CN)/C(N)=N/C(=O)OC(C)(C)C)OCCCCn1ccn(CCCCOc2ccc(/C(N)=N/C(=O)OC(C)(C)C)cn2)c1=NC(=O)C(F)(F)F. The highest BCUT2D eigenvalue weighted by Gasteiger charge is 2.38. The van der Waals surface area contributed by atoms with Crippen molar-refractivity contribution in [3.8, 4) is 5.88 Å². The number of alkyl halides is 3. The number of amidine groups is 2. The average Bonchev–Trinajstić information content (AvgIpc) is 3.43. The van der Waals surface area contributed by atoms with Crippen molar-refractivity contribution in [2.24, 2.45) is 32.2 Å². The summed E-state index contributed by atoms with van der Waals surface area (Å²) < 4.78 is 63.8. The number of carbonyl (C=O) groups is 3. The molecule has 0 unspecified atom stereocenters. The van der Waals surface area contributed by atoms with Gasteiger partial charge in [-0.25, -0.2) is 14.6 Å². The third kappa shape index (κ3) is 17.7. The fourth-order valence-corrected chi connectivity index (χ4v) is 4.21. The van der Waals surface area contributed by atoms with Crippen molar-refractivity contribution in [1.29, 1.82) is 0 Å². The van der Waals surface area contributed by atoms with Gasteiger partial charge in [-0.2, -0.15) is 28.1 Å². The van der Waals surface area contributed by atoms with Crippen LogP contribution in [0.15, 0.2) is 82.0 Å². The number of aliphatic imine (C=N–C) groups is 2. The van der Waals surface area contributed by atoms with Crippen LogP contribution in [-0.2, 0) is 32.1 Å². The number of nitrogens with two attached hydrogens (primary N) is 3. The van der Waals surface area contributed by atoms with E-state index in [-0.39, 0.29) is 60.8 Å². The molecule has 0 bridgehead atoms. The Morgan fingerprint density at radius 1 is 0.855 bits per heavy atom. The molecule has 19 heteroatoms. The van der Waals surface area contributed by atoms with E-state index in [0.29, 0.717) is 31.2 Å². The molecule has 0 saturated carbocycles. The summed E-state index contributed by atoms with van der Waals surface area (Å²) in [7, 11) is 0. The Kier molecular flexibility index (Phi) is 16.9. The first-order valence-corrected chi connectivity index (χ1v) is 17.1. The van der Waals surface area contributed by atoms with E-state index in [9.17, 15) is 27.6 Å². The van der Waals surface area contributed by atoms with Crippen LogP contribution in [-0.4, -0.2) is 74.5 Å². The van der Waals surface area contributed by atoms with Crippen molar-refractivity contribution in [2.45, 2.75) is 97.7 Å². The molecule has 0 aliphatic heterocycles. The summed E-state index contributed by atoms with van der Waals surface area (Å²) in [4.78, 5) is 50.5. The molecule has 2 aromatic heterocycles. The number of hydrogen-bond donors (Lipinski definition) is 3. The second-order valence-corrected chi connectivity index (χ2v) is 13.8. The van der Waals surface area contributed by atoms with E-state index in [2.05, 4.69) is 26.5 Å². The Bertz CT molecular complexity index is 1830. The average molecular weight is 778 g/mol. The molecule has 0 aliphatic rings. The molecule has 0 atom stereocenters. The lowest BCUT2D eigenvalue weighted by Crippen LogP contribution is -2.31. The predicted octanol–water partition coefficient (Wildman–Crippen LogP) is 5.18. The maximum atomic E-state index is 13.1. The van der Waals surface area contributed by atoms with Gasteiger partial charge in [0.05, 0.1) is 13.2 Å². The number of carbonyl (C=O) groups excluding carboxylic acids is 3. The van der Waals surface area contributed by atoms with Crippen molar-refractivity contribution < 1.29 is 46.5 Å². The third-order valence-electron chi connectivity index (χ3n) is 6.68. The minimum absolute atomic E-state index is 0.0716. The van der Waals surface area contributed by atoms with Crippen molar-refractivity contribution in [1.82, 2.24) is 14.1 Å². The number of hydrogen-bond acceptors (Lipinski definition) is 9. The number of aromatic nitrogens is 3. The smallest absolute Gasteiger partial charge is 0.473 e. The van der Waals surface area contributed by atoms with Crippen molar-refractivity contribution >= 4 is 29.8 Å². The van der Waals surface area contributed by atoms with Gasteiger partial charge < -0.3 is 45.3 Å². The highest BCUT2D eigenvalue weighted by Crippen LogP contribution is 2.16. The number of halogens is 3. The van der Waals surface area contributed by atoms with Gasteiger partial charge in [-0.15, -0.1) is 0 Å². The molecular weight excluding hydrogens is 727 g/mol. The van der Waals surface area contributed by atoms with Gasteiger partial charge in [0.25, 0.3) is 0 Å². The summed E-state index contributed by atoms with van der Waals surface area (Å²) in [5, 5.41) is 0. The third-order valence-corrected chi connectivity index (χ3v) is 6.68. The van der Waals surface area contributed by atoms with E-state index in [1.54, 1.807) is 66.1 Å². The van der Waals surface area contributed by atoms with Gasteiger partial charge in [0, 0.05) is 55.1 Å². The topological polar surface area (TPSA) is 226 Å².